The lowest BCUT2D eigenvalue weighted by Crippen LogP contribution is -2.57. The zero-order valence-electron chi connectivity index (χ0n) is 19.1. The minimum absolute atomic E-state index is 0.0705. The number of hydrogen-bond acceptors (Lipinski definition) is 6. The van der Waals surface area contributed by atoms with Crippen LogP contribution in [0.2, 0.25) is 0 Å². The van der Waals surface area contributed by atoms with Gasteiger partial charge in [-0.2, -0.15) is 0 Å². The van der Waals surface area contributed by atoms with Crippen molar-refractivity contribution in [3.05, 3.63) is 89.2 Å². The van der Waals surface area contributed by atoms with Crippen molar-refractivity contribution in [2.24, 2.45) is 0 Å². The number of fused-ring (bicyclic) bond motifs is 1. The molecule has 0 radical (unpaired) electrons. The van der Waals surface area contributed by atoms with Gasteiger partial charge in [-0.15, -0.1) is 11.8 Å². The van der Waals surface area contributed by atoms with Crippen molar-refractivity contribution in [1.82, 2.24) is 0 Å². The van der Waals surface area contributed by atoms with Crippen molar-refractivity contribution < 1.29 is 33.4 Å². The number of carboxylic acids is 1. The first-order chi connectivity index (χ1) is 17.4. The highest BCUT2D eigenvalue weighted by Crippen LogP contribution is 2.45. The van der Waals surface area contributed by atoms with Crippen molar-refractivity contribution in [3.8, 4) is 11.5 Å². The Balaban J connectivity index is 1.34. The van der Waals surface area contributed by atoms with Crippen molar-refractivity contribution in [2.75, 3.05) is 23.9 Å². The predicted octanol–water partition coefficient (Wildman–Crippen LogP) is 4.30. The first kappa shape index (κ1) is 23.9. The van der Waals surface area contributed by atoms with E-state index in [0.29, 0.717) is 23.6 Å². The molecule has 36 heavy (non-hydrogen) atoms. The first-order valence-electron chi connectivity index (χ1n) is 11.3. The van der Waals surface area contributed by atoms with E-state index in [2.05, 4.69) is 0 Å². The summed E-state index contributed by atoms with van der Waals surface area (Å²) in [5.74, 6) is -0.400. The van der Waals surface area contributed by atoms with Gasteiger partial charge in [-0.3, -0.25) is 9.59 Å². The summed E-state index contributed by atoms with van der Waals surface area (Å²) in [7, 11) is 0. The summed E-state index contributed by atoms with van der Waals surface area (Å²) in [5.41, 5.74) is 2.95. The summed E-state index contributed by atoms with van der Waals surface area (Å²) in [6.07, 6.45) is 0.769. The molecule has 1 fully saturated rings. The molecule has 7 nitrogen and oxygen atoms in total. The van der Waals surface area contributed by atoms with Crippen LogP contribution >= 0.6 is 11.8 Å². The fraction of sp³-hybridized carbons (Fsp3) is 0.222. The summed E-state index contributed by atoms with van der Waals surface area (Å²) in [5, 5.41) is 8.30. The second-order valence-electron chi connectivity index (χ2n) is 8.46. The molecule has 2 aliphatic rings. The molecule has 2 heterocycles. The van der Waals surface area contributed by atoms with E-state index in [1.807, 2.05) is 12.1 Å². The van der Waals surface area contributed by atoms with E-state index in [9.17, 15) is 18.8 Å². The highest BCUT2D eigenvalue weighted by Gasteiger charge is 2.49. The van der Waals surface area contributed by atoms with Crippen molar-refractivity contribution in [3.63, 3.8) is 0 Å². The molecule has 9 heteroatoms. The monoisotopic (exact) mass is 507 g/mol. The van der Waals surface area contributed by atoms with E-state index >= 15 is 0 Å². The lowest BCUT2D eigenvalue weighted by molar-refractivity contribution is -0.139. The van der Waals surface area contributed by atoms with Crippen LogP contribution in [0.5, 0.6) is 11.5 Å². The maximum Gasteiger partial charge on any atom is 0.341 e. The third-order valence-electron chi connectivity index (χ3n) is 6.14. The third kappa shape index (κ3) is 4.79. The number of thioether (sulfide) groups is 1. The standard InChI is InChI=1S/C27H22FNO6S/c28-19-4-6-20(7-5-19)29-25(16-1-8-21(9-2-16)35-14-24(31)32)26(27(29)33)36-15-22(30)17-3-10-23-18(13-17)11-12-34-23/h1-10,13,25-26H,11-12,14-15H2,(H,31,32)/t25-,26-/m1/s1. The number of rotatable bonds is 9. The van der Waals surface area contributed by atoms with Crippen LogP contribution < -0.4 is 14.4 Å². The Morgan fingerprint density at radius 1 is 1.08 bits per heavy atom. The van der Waals surface area contributed by atoms with E-state index in [0.717, 1.165) is 23.3 Å². The number of aliphatic carboxylic acids is 1. The van der Waals surface area contributed by atoms with Gasteiger partial charge < -0.3 is 19.5 Å². The Morgan fingerprint density at radius 2 is 1.83 bits per heavy atom. The quantitative estimate of drug-likeness (QED) is 0.341. The number of β-lactam (4-membered cyclic amide) rings is 1. The molecule has 3 aromatic carbocycles. The fourth-order valence-corrected chi connectivity index (χ4v) is 5.57. The molecule has 2 atom stereocenters. The number of amides is 1. The molecule has 0 bridgehead atoms. The van der Waals surface area contributed by atoms with E-state index in [1.165, 1.54) is 23.9 Å². The zero-order chi connectivity index (χ0) is 25.2. The predicted molar refractivity (Wildman–Crippen MR) is 132 cm³/mol. The van der Waals surface area contributed by atoms with E-state index < -0.39 is 23.6 Å². The number of halogens is 1. The summed E-state index contributed by atoms with van der Waals surface area (Å²) < 4.78 is 24.2. The molecule has 0 spiro atoms. The Bertz CT molecular complexity index is 1310. The smallest absolute Gasteiger partial charge is 0.341 e. The van der Waals surface area contributed by atoms with E-state index in [-0.39, 0.29) is 23.5 Å². The molecular formula is C27H22FNO6S. The number of anilines is 1. The molecule has 0 saturated carbocycles. The average molecular weight is 508 g/mol. The van der Waals surface area contributed by atoms with Gasteiger partial charge >= 0.3 is 5.97 Å². The number of benzene rings is 3. The largest absolute Gasteiger partial charge is 0.493 e. The van der Waals surface area contributed by atoms with E-state index in [1.54, 1.807) is 47.4 Å². The number of ether oxygens (including phenoxy) is 2. The van der Waals surface area contributed by atoms with Gasteiger partial charge in [-0.05, 0) is 65.7 Å². The second kappa shape index (κ2) is 10.0. The van der Waals surface area contributed by atoms with Crippen LogP contribution in [0, 0.1) is 5.82 Å². The van der Waals surface area contributed by atoms with Gasteiger partial charge in [0.05, 0.1) is 18.4 Å². The van der Waals surface area contributed by atoms with Gasteiger partial charge in [0.1, 0.15) is 22.6 Å². The zero-order valence-corrected chi connectivity index (χ0v) is 19.9. The Labute approximate surface area is 210 Å². The number of carbonyl (C=O) groups excluding carboxylic acids is 2. The SMILES string of the molecule is O=C(O)COc1ccc([C@@H]2[C@@H](SCC(=O)c3ccc4c(c3)CCO4)C(=O)N2c2ccc(F)cc2)cc1. The number of Topliss-reactive ketones (excluding diaryl/α,β-unsaturated/α-hetero) is 1. The van der Waals surface area contributed by atoms with Crippen LogP contribution in [0.15, 0.2) is 66.7 Å². The van der Waals surface area contributed by atoms with Gasteiger partial charge in [-0.1, -0.05) is 12.1 Å². The maximum atomic E-state index is 13.5. The van der Waals surface area contributed by atoms with Crippen LogP contribution in [-0.4, -0.2) is 47.0 Å². The Kier molecular flexibility index (Phi) is 6.65. The molecule has 0 aliphatic carbocycles. The van der Waals surface area contributed by atoms with Crippen molar-refractivity contribution >= 4 is 35.1 Å². The summed E-state index contributed by atoms with van der Waals surface area (Å²) in [6, 6.07) is 17.5. The topological polar surface area (TPSA) is 93.1 Å². The summed E-state index contributed by atoms with van der Waals surface area (Å²) >= 11 is 1.28. The minimum atomic E-state index is -1.08. The number of nitrogens with zero attached hydrogens (tertiary/aromatic N) is 1. The summed E-state index contributed by atoms with van der Waals surface area (Å²) in [6.45, 7) is 0.151. The highest BCUT2D eigenvalue weighted by atomic mass is 32.2. The van der Waals surface area contributed by atoms with Crippen molar-refractivity contribution in [1.29, 1.82) is 0 Å². The molecule has 5 rings (SSSR count). The van der Waals surface area contributed by atoms with Crippen LogP contribution in [0.4, 0.5) is 10.1 Å². The highest BCUT2D eigenvalue weighted by molar-refractivity contribution is 8.01. The Morgan fingerprint density at radius 3 is 2.56 bits per heavy atom. The molecule has 2 aliphatic heterocycles. The minimum Gasteiger partial charge on any atom is -0.493 e. The lowest BCUT2D eigenvalue weighted by atomic mass is 9.92. The molecule has 0 aromatic heterocycles. The fourth-order valence-electron chi connectivity index (χ4n) is 4.35. The normalized spacial score (nSPS) is 18.2. The average Bonchev–Trinajstić information content (AvgIpc) is 3.35. The molecule has 0 unspecified atom stereocenters. The summed E-state index contributed by atoms with van der Waals surface area (Å²) in [4.78, 5) is 38.4. The molecule has 184 valence electrons. The Hall–Kier alpha value is -3.85. The van der Waals surface area contributed by atoms with E-state index in [4.69, 9.17) is 14.6 Å². The molecular weight excluding hydrogens is 485 g/mol. The van der Waals surface area contributed by atoms with Gasteiger partial charge in [-0.25, -0.2) is 9.18 Å². The van der Waals surface area contributed by atoms with Crippen LogP contribution in [0.25, 0.3) is 0 Å². The van der Waals surface area contributed by atoms with Gasteiger partial charge in [0.15, 0.2) is 12.4 Å². The third-order valence-corrected chi connectivity index (χ3v) is 7.39. The molecule has 1 saturated heterocycles. The van der Waals surface area contributed by atoms with Crippen LogP contribution in [0.3, 0.4) is 0 Å². The molecule has 1 N–H and O–H groups in total. The number of carbonyl (C=O) groups is 3. The number of ketones is 1. The maximum absolute atomic E-state index is 13.5. The number of hydrogen-bond donors (Lipinski definition) is 1. The van der Waals surface area contributed by atoms with Crippen LogP contribution in [-0.2, 0) is 16.0 Å². The van der Waals surface area contributed by atoms with Gasteiger partial charge in [0, 0.05) is 17.7 Å². The molecule has 1 amide bonds. The first-order valence-corrected chi connectivity index (χ1v) is 12.4. The lowest BCUT2D eigenvalue weighted by Gasteiger charge is -2.47. The van der Waals surface area contributed by atoms with Gasteiger partial charge in [0.25, 0.3) is 0 Å². The van der Waals surface area contributed by atoms with Crippen molar-refractivity contribution in [2.45, 2.75) is 17.7 Å². The van der Waals surface area contributed by atoms with Crippen LogP contribution in [0.1, 0.15) is 27.5 Å². The molecule has 3 aromatic rings. The van der Waals surface area contributed by atoms with Gasteiger partial charge in [0.2, 0.25) is 5.91 Å². The second-order valence-corrected chi connectivity index (χ2v) is 9.59. The number of carboxylic acid groups (broad SMARTS) is 1.